The average Bonchev–Trinajstić information content (AvgIpc) is 3.06. The van der Waals surface area contributed by atoms with Crippen molar-refractivity contribution in [2.24, 2.45) is 46.3 Å². The molecule has 4 nitrogen and oxygen atoms in total. The highest BCUT2D eigenvalue weighted by atomic mass is 16.5. The summed E-state index contributed by atoms with van der Waals surface area (Å²) in [5, 5.41) is 21.8. The molecule has 0 spiro atoms. The van der Waals surface area contributed by atoms with E-state index in [2.05, 4.69) is 20.8 Å². The summed E-state index contributed by atoms with van der Waals surface area (Å²) in [7, 11) is 1.46. The molecule has 0 aromatic carbocycles. The minimum Gasteiger partial charge on any atom is -0.469 e. The lowest BCUT2D eigenvalue weighted by molar-refractivity contribution is -0.175. The zero-order valence-corrected chi connectivity index (χ0v) is 18.9. The van der Waals surface area contributed by atoms with Crippen LogP contribution in [0.3, 0.4) is 0 Å². The predicted molar refractivity (Wildman–Crippen MR) is 113 cm³/mol. The fourth-order valence-electron chi connectivity index (χ4n) is 8.81. The number of methoxy groups -OCH3 is 1. The van der Waals surface area contributed by atoms with E-state index in [1.807, 2.05) is 0 Å². The van der Waals surface area contributed by atoms with Crippen LogP contribution in [0.1, 0.15) is 85.0 Å². The standard InChI is InChI=1S/C25H42O4/c1-15(5-10-23(28)29-4)19-8-9-20-18-7-6-16-13-17(26)11-12-24(16,2)21(18)14-22(27)25(19,20)3/h15-22,26-27H,5-14H2,1-4H3/t15-,16-,17+,18?,19-,20?,21?,22+,24+,25-/m1/s1. The van der Waals surface area contributed by atoms with E-state index in [0.29, 0.717) is 41.4 Å². The number of hydrogen-bond donors (Lipinski definition) is 2. The van der Waals surface area contributed by atoms with Crippen molar-refractivity contribution in [3.8, 4) is 0 Å². The van der Waals surface area contributed by atoms with E-state index in [4.69, 9.17) is 4.74 Å². The van der Waals surface area contributed by atoms with Gasteiger partial charge in [0.25, 0.3) is 0 Å². The minimum atomic E-state index is -0.246. The Kier molecular flexibility index (Phi) is 5.83. The van der Waals surface area contributed by atoms with E-state index in [1.54, 1.807) is 0 Å². The Balaban J connectivity index is 1.53. The summed E-state index contributed by atoms with van der Waals surface area (Å²) >= 11 is 0. The van der Waals surface area contributed by atoms with Crippen molar-refractivity contribution >= 4 is 5.97 Å². The summed E-state index contributed by atoms with van der Waals surface area (Å²) in [4.78, 5) is 11.6. The Labute approximate surface area is 176 Å². The zero-order chi connectivity index (χ0) is 21.0. The summed E-state index contributed by atoms with van der Waals surface area (Å²) in [6, 6.07) is 0. The predicted octanol–water partition coefficient (Wildman–Crippen LogP) is 4.57. The first kappa shape index (κ1) is 21.6. The van der Waals surface area contributed by atoms with Gasteiger partial charge in [0, 0.05) is 6.42 Å². The van der Waals surface area contributed by atoms with Gasteiger partial charge < -0.3 is 14.9 Å². The number of carbonyl (C=O) groups is 1. The monoisotopic (exact) mass is 406 g/mol. The van der Waals surface area contributed by atoms with Crippen LogP contribution in [0.15, 0.2) is 0 Å². The van der Waals surface area contributed by atoms with Crippen molar-refractivity contribution < 1.29 is 19.7 Å². The molecule has 29 heavy (non-hydrogen) atoms. The van der Waals surface area contributed by atoms with Crippen LogP contribution >= 0.6 is 0 Å². The molecule has 0 aromatic heterocycles. The van der Waals surface area contributed by atoms with Gasteiger partial charge in [0.05, 0.1) is 19.3 Å². The van der Waals surface area contributed by atoms with Gasteiger partial charge in [-0.3, -0.25) is 4.79 Å². The molecule has 4 aliphatic carbocycles. The van der Waals surface area contributed by atoms with Crippen LogP contribution in [0.25, 0.3) is 0 Å². The van der Waals surface area contributed by atoms with Gasteiger partial charge in [-0.25, -0.2) is 0 Å². The normalized spacial score (nSPS) is 50.2. The number of carbonyl (C=O) groups excluding carboxylic acids is 1. The molecule has 0 heterocycles. The van der Waals surface area contributed by atoms with Gasteiger partial charge in [-0.05, 0) is 104 Å². The van der Waals surface area contributed by atoms with Crippen molar-refractivity contribution in [1.82, 2.24) is 0 Å². The Morgan fingerprint density at radius 1 is 1.07 bits per heavy atom. The van der Waals surface area contributed by atoms with Gasteiger partial charge in [-0.15, -0.1) is 0 Å². The summed E-state index contributed by atoms with van der Waals surface area (Å²) in [5.74, 6) is 3.36. The van der Waals surface area contributed by atoms with Crippen LogP contribution in [0.4, 0.5) is 0 Å². The smallest absolute Gasteiger partial charge is 0.305 e. The van der Waals surface area contributed by atoms with Crippen LogP contribution in [0, 0.1) is 46.3 Å². The highest BCUT2D eigenvalue weighted by molar-refractivity contribution is 5.69. The molecular formula is C25H42O4. The van der Waals surface area contributed by atoms with Crippen LogP contribution in [-0.4, -0.2) is 35.5 Å². The molecule has 4 rings (SSSR count). The van der Waals surface area contributed by atoms with Gasteiger partial charge >= 0.3 is 5.97 Å². The number of aliphatic hydroxyl groups excluding tert-OH is 2. The number of hydrogen-bond acceptors (Lipinski definition) is 4. The van der Waals surface area contributed by atoms with Crippen molar-refractivity contribution in [2.75, 3.05) is 7.11 Å². The zero-order valence-electron chi connectivity index (χ0n) is 18.9. The van der Waals surface area contributed by atoms with Crippen LogP contribution in [0.5, 0.6) is 0 Å². The summed E-state index contributed by atoms with van der Waals surface area (Å²) in [5.41, 5.74) is 0.271. The highest BCUT2D eigenvalue weighted by Crippen LogP contribution is 2.68. The van der Waals surface area contributed by atoms with Gasteiger partial charge in [-0.2, -0.15) is 0 Å². The highest BCUT2D eigenvalue weighted by Gasteiger charge is 2.63. The van der Waals surface area contributed by atoms with Crippen LogP contribution in [0.2, 0.25) is 0 Å². The molecule has 0 aromatic rings. The Morgan fingerprint density at radius 3 is 2.55 bits per heavy atom. The molecular weight excluding hydrogens is 364 g/mol. The van der Waals surface area contributed by atoms with E-state index in [0.717, 1.165) is 38.0 Å². The van der Waals surface area contributed by atoms with Crippen molar-refractivity contribution in [2.45, 2.75) is 97.2 Å². The third kappa shape index (κ3) is 3.37. The van der Waals surface area contributed by atoms with E-state index in [9.17, 15) is 15.0 Å². The van der Waals surface area contributed by atoms with Gasteiger partial charge in [0.1, 0.15) is 0 Å². The Hall–Kier alpha value is -0.610. The molecule has 4 saturated carbocycles. The van der Waals surface area contributed by atoms with E-state index in [-0.39, 0.29) is 23.6 Å². The third-order valence-corrected chi connectivity index (χ3v) is 10.5. The van der Waals surface area contributed by atoms with Crippen LogP contribution < -0.4 is 0 Å². The maximum atomic E-state index is 11.6. The molecule has 4 heteroatoms. The molecule has 166 valence electrons. The van der Waals surface area contributed by atoms with Gasteiger partial charge in [0.2, 0.25) is 0 Å². The summed E-state index contributed by atoms with van der Waals surface area (Å²) in [6.07, 6.45) is 9.86. The maximum Gasteiger partial charge on any atom is 0.305 e. The topological polar surface area (TPSA) is 66.8 Å². The molecule has 4 aliphatic rings. The Bertz CT molecular complexity index is 620. The first-order valence-corrected chi connectivity index (χ1v) is 12.1. The second-order valence-corrected chi connectivity index (χ2v) is 11.5. The fraction of sp³-hybridized carbons (Fsp3) is 0.960. The summed E-state index contributed by atoms with van der Waals surface area (Å²) < 4.78 is 4.85. The molecule has 0 saturated heterocycles. The summed E-state index contributed by atoms with van der Waals surface area (Å²) in [6.45, 7) is 7.12. The second-order valence-electron chi connectivity index (χ2n) is 11.5. The largest absolute Gasteiger partial charge is 0.469 e. The van der Waals surface area contributed by atoms with Crippen LogP contribution in [-0.2, 0) is 9.53 Å². The van der Waals surface area contributed by atoms with Gasteiger partial charge in [0.15, 0.2) is 0 Å². The molecule has 2 N–H and O–H groups in total. The van der Waals surface area contributed by atoms with E-state index < -0.39 is 0 Å². The lowest BCUT2D eigenvalue weighted by Crippen LogP contribution is -2.58. The lowest BCUT2D eigenvalue weighted by atomic mass is 9.43. The first-order valence-electron chi connectivity index (χ1n) is 12.1. The molecule has 3 unspecified atom stereocenters. The van der Waals surface area contributed by atoms with E-state index in [1.165, 1.54) is 32.8 Å². The Morgan fingerprint density at radius 2 is 1.83 bits per heavy atom. The molecule has 0 bridgehead atoms. The number of fused-ring (bicyclic) bond motifs is 5. The number of esters is 1. The second kappa shape index (κ2) is 7.82. The third-order valence-electron chi connectivity index (χ3n) is 10.5. The maximum absolute atomic E-state index is 11.6. The van der Waals surface area contributed by atoms with Crippen molar-refractivity contribution in [1.29, 1.82) is 0 Å². The molecule has 0 aliphatic heterocycles. The first-order chi connectivity index (χ1) is 13.7. The van der Waals surface area contributed by atoms with Gasteiger partial charge in [-0.1, -0.05) is 20.8 Å². The fourth-order valence-corrected chi connectivity index (χ4v) is 8.81. The minimum absolute atomic E-state index is 0.0198. The molecule has 10 atom stereocenters. The lowest BCUT2D eigenvalue weighted by Gasteiger charge is -2.62. The number of ether oxygens (including phenoxy) is 1. The molecule has 0 radical (unpaired) electrons. The SMILES string of the molecule is COC(=O)CC[C@@H](C)[C@H]1CCC2C3CC[C@@H]4C[C@@H](O)CC[C@]4(C)C3C[C@H](O)[C@@]21C. The van der Waals surface area contributed by atoms with Crippen molar-refractivity contribution in [3.05, 3.63) is 0 Å². The molecule has 4 fully saturated rings. The van der Waals surface area contributed by atoms with Crippen molar-refractivity contribution in [3.63, 3.8) is 0 Å². The quantitative estimate of drug-likeness (QED) is 0.671. The number of rotatable bonds is 4. The molecule has 0 amide bonds. The average molecular weight is 407 g/mol. The number of aliphatic hydroxyl groups is 2. The van der Waals surface area contributed by atoms with E-state index >= 15 is 0 Å².